The highest BCUT2D eigenvalue weighted by Gasteiger charge is 2.08. The largest absolute Gasteiger partial charge is 0.497 e. The highest BCUT2D eigenvalue weighted by Crippen LogP contribution is 2.16. The Labute approximate surface area is 156 Å². The van der Waals surface area contributed by atoms with Gasteiger partial charge in [-0.05, 0) is 35.9 Å². The van der Waals surface area contributed by atoms with Crippen LogP contribution in [0.4, 0.5) is 5.69 Å². The third-order valence-corrected chi connectivity index (χ3v) is 4.17. The van der Waals surface area contributed by atoms with Gasteiger partial charge in [-0.2, -0.15) is 0 Å². The number of carbonyl (C=O) groups is 1. The first-order chi connectivity index (χ1) is 13.1. The molecule has 0 radical (unpaired) electrons. The van der Waals surface area contributed by atoms with Gasteiger partial charge in [-0.3, -0.25) is 14.2 Å². The van der Waals surface area contributed by atoms with Crippen molar-refractivity contribution in [1.82, 2.24) is 9.55 Å². The summed E-state index contributed by atoms with van der Waals surface area (Å²) >= 11 is 0. The monoisotopic (exact) mass is 367 g/mol. The number of amides is 1. The van der Waals surface area contributed by atoms with Crippen LogP contribution >= 0.6 is 0 Å². The Hall–Kier alpha value is -3.19. The second-order valence-corrected chi connectivity index (χ2v) is 6.04. The number of nitrogens with zero attached hydrogens (tertiary/aromatic N) is 2. The normalized spacial score (nSPS) is 10.7. The summed E-state index contributed by atoms with van der Waals surface area (Å²) in [5.74, 6) is 0.578. The Bertz CT molecular complexity index is 996. The van der Waals surface area contributed by atoms with Crippen molar-refractivity contribution >= 4 is 22.5 Å². The van der Waals surface area contributed by atoms with Crippen LogP contribution in [0, 0.1) is 0 Å². The Morgan fingerprint density at radius 3 is 2.63 bits per heavy atom. The van der Waals surface area contributed by atoms with Crippen LogP contribution in [0.25, 0.3) is 10.9 Å². The Balaban J connectivity index is 1.76. The molecular weight excluding hydrogens is 346 g/mol. The molecule has 27 heavy (non-hydrogen) atoms. The second kappa shape index (κ2) is 8.46. The number of benzene rings is 2. The molecule has 0 unspecified atom stereocenters. The van der Waals surface area contributed by atoms with Crippen molar-refractivity contribution in [3.8, 4) is 5.75 Å². The van der Waals surface area contributed by atoms with Crippen LogP contribution in [0.3, 0.4) is 0 Å². The van der Waals surface area contributed by atoms with Crippen molar-refractivity contribution in [3.05, 3.63) is 64.7 Å². The molecule has 0 atom stereocenters. The summed E-state index contributed by atoms with van der Waals surface area (Å²) in [6.07, 6.45) is 1.73. The van der Waals surface area contributed by atoms with Crippen LogP contribution < -0.4 is 15.6 Å². The summed E-state index contributed by atoms with van der Waals surface area (Å²) in [4.78, 5) is 29.2. The molecule has 1 amide bonds. The highest BCUT2D eigenvalue weighted by molar-refractivity contribution is 5.94. The SMILES string of the molecule is COCCn1cnc2ccc(NC(=O)Cc3ccc(OC)cc3)cc2c1=O. The van der Waals surface area contributed by atoms with Crippen LogP contribution in [0.2, 0.25) is 0 Å². The molecule has 140 valence electrons. The molecule has 0 saturated carbocycles. The molecule has 1 N–H and O–H groups in total. The molecule has 2 aromatic carbocycles. The van der Waals surface area contributed by atoms with Gasteiger partial charge in [0.25, 0.3) is 5.56 Å². The predicted molar refractivity (Wildman–Crippen MR) is 103 cm³/mol. The molecule has 0 aliphatic rings. The maximum Gasteiger partial charge on any atom is 0.261 e. The van der Waals surface area contributed by atoms with E-state index >= 15 is 0 Å². The highest BCUT2D eigenvalue weighted by atomic mass is 16.5. The summed E-state index contributed by atoms with van der Waals surface area (Å²) in [7, 11) is 3.18. The van der Waals surface area contributed by atoms with E-state index in [1.54, 1.807) is 32.4 Å². The fraction of sp³-hybridized carbons (Fsp3) is 0.250. The minimum Gasteiger partial charge on any atom is -0.497 e. The van der Waals surface area contributed by atoms with Crippen LogP contribution in [-0.2, 0) is 22.5 Å². The van der Waals surface area contributed by atoms with E-state index in [1.165, 1.54) is 10.9 Å². The van der Waals surface area contributed by atoms with Gasteiger partial charge in [-0.15, -0.1) is 0 Å². The third-order valence-electron chi connectivity index (χ3n) is 4.17. The van der Waals surface area contributed by atoms with Crippen molar-refractivity contribution < 1.29 is 14.3 Å². The molecular formula is C20H21N3O4. The summed E-state index contributed by atoms with van der Waals surface area (Å²) < 4.78 is 11.6. The fourth-order valence-electron chi connectivity index (χ4n) is 2.72. The lowest BCUT2D eigenvalue weighted by molar-refractivity contribution is -0.115. The molecule has 3 aromatic rings. The number of anilines is 1. The molecule has 3 rings (SSSR count). The van der Waals surface area contributed by atoms with E-state index in [0.717, 1.165) is 11.3 Å². The van der Waals surface area contributed by atoms with Gasteiger partial charge in [-0.25, -0.2) is 4.98 Å². The van der Waals surface area contributed by atoms with Crippen LogP contribution in [-0.4, -0.2) is 36.3 Å². The van der Waals surface area contributed by atoms with Crippen LogP contribution in [0.15, 0.2) is 53.6 Å². The van der Waals surface area contributed by atoms with Crippen molar-refractivity contribution in [3.63, 3.8) is 0 Å². The topological polar surface area (TPSA) is 82.4 Å². The number of hydrogen-bond acceptors (Lipinski definition) is 5. The number of rotatable bonds is 7. The van der Waals surface area contributed by atoms with Gasteiger partial charge < -0.3 is 14.8 Å². The van der Waals surface area contributed by atoms with Crippen LogP contribution in [0.1, 0.15) is 5.56 Å². The van der Waals surface area contributed by atoms with E-state index in [2.05, 4.69) is 10.3 Å². The van der Waals surface area contributed by atoms with E-state index in [4.69, 9.17) is 9.47 Å². The van der Waals surface area contributed by atoms with Gasteiger partial charge in [0, 0.05) is 12.8 Å². The van der Waals surface area contributed by atoms with E-state index in [0.29, 0.717) is 29.7 Å². The number of methoxy groups -OCH3 is 2. The number of carbonyl (C=O) groups excluding carboxylic acids is 1. The van der Waals surface area contributed by atoms with Gasteiger partial charge in [0.2, 0.25) is 5.91 Å². The lowest BCUT2D eigenvalue weighted by atomic mass is 10.1. The number of fused-ring (bicyclic) bond motifs is 1. The molecule has 1 heterocycles. The maximum atomic E-state index is 12.6. The van der Waals surface area contributed by atoms with Gasteiger partial charge >= 0.3 is 0 Å². The summed E-state index contributed by atoms with van der Waals surface area (Å²) in [5.41, 5.74) is 1.85. The zero-order valence-corrected chi connectivity index (χ0v) is 15.3. The Morgan fingerprint density at radius 2 is 1.93 bits per heavy atom. The average molecular weight is 367 g/mol. The van der Waals surface area contributed by atoms with Crippen molar-refractivity contribution in [2.45, 2.75) is 13.0 Å². The van der Waals surface area contributed by atoms with E-state index < -0.39 is 0 Å². The van der Waals surface area contributed by atoms with E-state index in [9.17, 15) is 9.59 Å². The molecule has 0 aliphatic heterocycles. The van der Waals surface area contributed by atoms with Crippen molar-refractivity contribution in [2.75, 3.05) is 26.1 Å². The first kappa shape index (κ1) is 18.6. The zero-order chi connectivity index (χ0) is 19.2. The molecule has 0 spiro atoms. The first-order valence-corrected chi connectivity index (χ1v) is 8.51. The summed E-state index contributed by atoms with van der Waals surface area (Å²) in [5, 5.41) is 3.28. The molecule has 0 fully saturated rings. The van der Waals surface area contributed by atoms with Gasteiger partial charge in [0.05, 0.1) is 43.9 Å². The van der Waals surface area contributed by atoms with Gasteiger partial charge in [0.15, 0.2) is 0 Å². The molecule has 0 bridgehead atoms. The molecule has 7 heteroatoms. The minimum atomic E-state index is -0.164. The lowest BCUT2D eigenvalue weighted by Gasteiger charge is -2.09. The molecule has 7 nitrogen and oxygen atoms in total. The summed E-state index contributed by atoms with van der Waals surface area (Å²) in [6, 6.07) is 12.4. The number of aromatic nitrogens is 2. The van der Waals surface area contributed by atoms with E-state index in [1.807, 2.05) is 24.3 Å². The Kier molecular flexibility index (Phi) is 5.83. The second-order valence-electron chi connectivity index (χ2n) is 6.04. The third kappa shape index (κ3) is 4.51. The van der Waals surface area contributed by atoms with E-state index in [-0.39, 0.29) is 17.9 Å². The maximum absolute atomic E-state index is 12.6. The predicted octanol–water partition coefficient (Wildman–Crippen LogP) is 2.23. The number of hydrogen-bond donors (Lipinski definition) is 1. The molecule has 0 aliphatic carbocycles. The Morgan fingerprint density at radius 1 is 1.15 bits per heavy atom. The fourth-order valence-corrected chi connectivity index (χ4v) is 2.72. The van der Waals surface area contributed by atoms with Crippen LogP contribution in [0.5, 0.6) is 5.75 Å². The standard InChI is InChI=1S/C20H21N3O4/c1-26-10-9-23-13-21-18-8-5-15(12-17(18)20(23)25)22-19(24)11-14-3-6-16(27-2)7-4-14/h3-8,12-13H,9-11H2,1-2H3,(H,22,24). The number of ether oxygens (including phenoxy) is 2. The quantitative estimate of drug-likeness (QED) is 0.692. The summed E-state index contributed by atoms with van der Waals surface area (Å²) in [6.45, 7) is 0.845. The zero-order valence-electron chi connectivity index (χ0n) is 15.3. The smallest absolute Gasteiger partial charge is 0.261 e. The molecule has 0 saturated heterocycles. The van der Waals surface area contributed by atoms with Gasteiger partial charge in [0.1, 0.15) is 5.75 Å². The average Bonchev–Trinajstić information content (AvgIpc) is 2.68. The number of nitrogens with one attached hydrogen (secondary N) is 1. The van der Waals surface area contributed by atoms with Crippen molar-refractivity contribution in [1.29, 1.82) is 0 Å². The van der Waals surface area contributed by atoms with Crippen molar-refractivity contribution in [2.24, 2.45) is 0 Å². The van der Waals surface area contributed by atoms with Gasteiger partial charge in [-0.1, -0.05) is 12.1 Å². The minimum absolute atomic E-state index is 0.164. The lowest BCUT2D eigenvalue weighted by Crippen LogP contribution is -2.23. The first-order valence-electron chi connectivity index (χ1n) is 8.51. The molecule has 1 aromatic heterocycles.